The van der Waals surface area contributed by atoms with E-state index < -0.39 is 0 Å². The number of aryl methyl sites for hydroxylation is 2. The molecule has 3 heterocycles. The number of likely N-dealkylation sites (N-methyl/N-ethyl adjacent to an activating group) is 1. The molecule has 2 aliphatic heterocycles. The van der Waals surface area contributed by atoms with Gasteiger partial charge in [-0.3, -0.25) is 4.98 Å². The molecular weight excluding hydrogens is 436 g/mol. The molecule has 5 rings (SSSR count). The van der Waals surface area contributed by atoms with Gasteiger partial charge in [-0.2, -0.15) is 0 Å². The fourth-order valence-electron chi connectivity index (χ4n) is 5.21. The minimum atomic E-state index is -0.0459. The smallest absolute Gasteiger partial charge is 0.174 e. The van der Waals surface area contributed by atoms with E-state index in [4.69, 9.17) is 17.2 Å². The van der Waals surface area contributed by atoms with Gasteiger partial charge in [-0.1, -0.05) is 24.3 Å². The Hall–Kier alpha value is -3.18. The molecule has 0 amide bonds. The second-order valence-electron chi connectivity index (χ2n) is 10.1. The number of thiocarbonyl (C=S) groups is 1. The Balaban J connectivity index is 1.67. The first kappa shape index (κ1) is 22.6. The average Bonchev–Trinajstić information content (AvgIpc) is 3.16. The SMILES string of the molecule is CC1=CC(C)(C)N(C)c2ccc([C@H]3[C@@H](c4ccccn4)NC(=S)N3c3ccc(C)c(C)c3)cc21. The second kappa shape index (κ2) is 8.24. The summed E-state index contributed by atoms with van der Waals surface area (Å²) in [6.07, 6.45) is 4.21. The average molecular weight is 469 g/mol. The van der Waals surface area contributed by atoms with Crippen molar-refractivity contribution < 1.29 is 0 Å². The van der Waals surface area contributed by atoms with Crippen LogP contribution in [0.1, 0.15) is 60.8 Å². The van der Waals surface area contributed by atoms with Crippen LogP contribution in [0.25, 0.3) is 5.57 Å². The molecule has 2 aromatic carbocycles. The number of nitrogens with zero attached hydrogens (tertiary/aromatic N) is 3. The topological polar surface area (TPSA) is 31.4 Å². The van der Waals surface area contributed by atoms with Crippen molar-refractivity contribution in [1.82, 2.24) is 10.3 Å². The van der Waals surface area contributed by atoms with E-state index in [1.807, 2.05) is 18.3 Å². The van der Waals surface area contributed by atoms with Crippen molar-refractivity contribution in [3.05, 3.63) is 94.8 Å². The maximum atomic E-state index is 5.91. The molecule has 2 aliphatic rings. The van der Waals surface area contributed by atoms with Crippen molar-refractivity contribution in [2.24, 2.45) is 0 Å². The van der Waals surface area contributed by atoms with Crippen molar-refractivity contribution in [2.75, 3.05) is 16.8 Å². The molecule has 3 aromatic rings. The number of aromatic nitrogens is 1. The van der Waals surface area contributed by atoms with E-state index >= 15 is 0 Å². The highest BCUT2D eigenvalue weighted by atomic mass is 32.1. The minimum Gasteiger partial charge on any atom is -0.366 e. The van der Waals surface area contributed by atoms with Gasteiger partial charge in [0.15, 0.2) is 5.11 Å². The predicted molar refractivity (Wildman–Crippen MR) is 146 cm³/mol. The fraction of sp³-hybridized carbons (Fsp3) is 0.310. The van der Waals surface area contributed by atoms with E-state index in [2.05, 4.69) is 105 Å². The first-order valence-electron chi connectivity index (χ1n) is 11.8. The lowest BCUT2D eigenvalue weighted by Crippen LogP contribution is -2.42. The molecule has 0 bridgehead atoms. The number of benzene rings is 2. The number of hydrogen-bond donors (Lipinski definition) is 1. The Morgan fingerprint density at radius 1 is 0.971 bits per heavy atom. The summed E-state index contributed by atoms with van der Waals surface area (Å²) in [6, 6.07) is 19.5. The second-order valence-corrected chi connectivity index (χ2v) is 10.5. The summed E-state index contributed by atoms with van der Waals surface area (Å²) in [7, 11) is 2.17. The van der Waals surface area contributed by atoms with Crippen molar-refractivity contribution >= 4 is 34.3 Å². The Bertz CT molecular complexity index is 1290. The van der Waals surface area contributed by atoms with E-state index in [1.165, 1.54) is 33.5 Å². The molecule has 1 saturated heterocycles. The summed E-state index contributed by atoms with van der Waals surface area (Å²) in [5.41, 5.74) is 9.68. The van der Waals surface area contributed by atoms with Crippen LogP contribution in [0.3, 0.4) is 0 Å². The van der Waals surface area contributed by atoms with Crippen LogP contribution in [0.5, 0.6) is 0 Å². The zero-order valence-electron chi connectivity index (χ0n) is 20.8. The molecule has 1 N–H and O–H groups in total. The number of fused-ring (bicyclic) bond motifs is 1. The van der Waals surface area contributed by atoms with Gasteiger partial charge < -0.3 is 15.1 Å². The summed E-state index contributed by atoms with van der Waals surface area (Å²) in [5, 5.41) is 4.31. The van der Waals surface area contributed by atoms with Crippen LogP contribution >= 0.6 is 12.2 Å². The summed E-state index contributed by atoms with van der Waals surface area (Å²) in [4.78, 5) is 9.31. The first-order valence-corrected chi connectivity index (χ1v) is 12.2. The lowest BCUT2D eigenvalue weighted by molar-refractivity contribution is 0.566. The van der Waals surface area contributed by atoms with Crippen LogP contribution in [-0.2, 0) is 0 Å². The Morgan fingerprint density at radius 2 is 1.76 bits per heavy atom. The third-order valence-electron chi connectivity index (χ3n) is 7.45. The van der Waals surface area contributed by atoms with E-state index in [9.17, 15) is 0 Å². The molecule has 1 aromatic heterocycles. The van der Waals surface area contributed by atoms with Gasteiger partial charge in [0, 0.05) is 30.2 Å². The number of hydrogen-bond acceptors (Lipinski definition) is 3. The highest BCUT2D eigenvalue weighted by Gasteiger charge is 2.41. The van der Waals surface area contributed by atoms with Crippen LogP contribution in [0.4, 0.5) is 11.4 Å². The Morgan fingerprint density at radius 3 is 2.47 bits per heavy atom. The fourth-order valence-corrected chi connectivity index (χ4v) is 5.55. The van der Waals surface area contributed by atoms with E-state index in [0.29, 0.717) is 0 Å². The van der Waals surface area contributed by atoms with Crippen LogP contribution < -0.4 is 15.1 Å². The van der Waals surface area contributed by atoms with Gasteiger partial charge in [-0.15, -0.1) is 0 Å². The Kier molecular flexibility index (Phi) is 5.48. The van der Waals surface area contributed by atoms with Gasteiger partial charge >= 0.3 is 0 Å². The molecule has 0 spiro atoms. The number of pyridine rings is 1. The molecular formula is C29H32N4S. The van der Waals surface area contributed by atoms with Gasteiger partial charge in [0.25, 0.3) is 0 Å². The summed E-state index contributed by atoms with van der Waals surface area (Å²) < 4.78 is 0. The summed E-state index contributed by atoms with van der Waals surface area (Å²) >= 11 is 5.91. The van der Waals surface area contributed by atoms with Crippen LogP contribution in [0, 0.1) is 13.8 Å². The van der Waals surface area contributed by atoms with E-state index in [-0.39, 0.29) is 17.6 Å². The predicted octanol–water partition coefficient (Wildman–Crippen LogP) is 6.51. The van der Waals surface area contributed by atoms with Crippen LogP contribution in [0.2, 0.25) is 0 Å². The lowest BCUT2D eigenvalue weighted by Gasteiger charge is -2.41. The number of anilines is 2. The number of allylic oxidation sites excluding steroid dienone is 1. The number of nitrogens with one attached hydrogen (secondary N) is 1. The van der Waals surface area contributed by atoms with Crippen molar-refractivity contribution in [3.8, 4) is 0 Å². The molecule has 0 radical (unpaired) electrons. The van der Waals surface area contributed by atoms with Gasteiger partial charge in [0.1, 0.15) is 0 Å². The van der Waals surface area contributed by atoms with Gasteiger partial charge in [-0.05, 0) is 105 Å². The highest BCUT2D eigenvalue weighted by molar-refractivity contribution is 7.80. The quantitative estimate of drug-likeness (QED) is 0.443. The van der Waals surface area contributed by atoms with Crippen LogP contribution in [0.15, 0.2) is 66.9 Å². The van der Waals surface area contributed by atoms with E-state index in [1.54, 1.807) is 0 Å². The lowest BCUT2D eigenvalue weighted by atomic mass is 9.86. The van der Waals surface area contributed by atoms with Crippen molar-refractivity contribution in [2.45, 2.75) is 52.2 Å². The zero-order chi connectivity index (χ0) is 24.2. The maximum Gasteiger partial charge on any atom is 0.174 e. The molecule has 0 unspecified atom stereocenters. The normalized spacial score (nSPS) is 21.2. The molecule has 2 atom stereocenters. The van der Waals surface area contributed by atoms with Crippen molar-refractivity contribution in [1.29, 1.82) is 0 Å². The van der Waals surface area contributed by atoms with E-state index in [0.717, 1.165) is 16.5 Å². The molecule has 174 valence electrons. The third kappa shape index (κ3) is 3.68. The molecule has 4 nitrogen and oxygen atoms in total. The first-order chi connectivity index (χ1) is 16.2. The summed E-state index contributed by atoms with van der Waals surface area (Å²) in [6.45, 7) is 11.0. The molecule has 1 fully saturated rings. The van der Waals surface area contributed by atoms with Crippen LogP contribution in [-0.4, -0.2) is 22.7 Å². The molecule has 0 aliphatic carbocycles. The minimum absolute atomic E-state index is 0.0113. The monoisotopic (exact) mass is 468 g/mol. The highest BCUT2D eigenvalue weighted by Crippen LogP contribution is 2.45. The third-order valence-corrected chi connectivity index (χ3v) is 7.76. The molecule has 34 heavy (non-hydrogen) atoms. The molecule has 0 saturated carbocycles. The molecule has 5 heteroatoms. The van der Waals surface area contributed by atoms with Crippen molar-refractivity contribution in [3.63, 3.8) is 0 Å². The zero-order valence-corrected chi connectivity index (χ0v) is 21.6. The summed E-state index contributed by atoms with van der Waals surface area (Å²) in [5.74, 6) is 0. The van der Waals surface area contributed by atoms with Gasteiger partial charge in [0.05, 0.1) is 23.3 Å². The Labute approximate surface area is 208 Å². The van der Waals surface area contributed by atoms with Gasteiger partial charge in [0.2, 0.25) is 0 Å². The maximum absolute atomic E-state index is 5.91. The number of rotatable bonds is 3. The standard InChI is InChI=1S/C29H32N4S/c1-18-10-12-22(15-19(18)2)33-27(26(31-28(33)34)24-9-7-8-14-30-24)21-11-13-25-23(16-21)20(3)17-29(4,5)32(25)6/h7-17,26-27H,1-6H3,(H,31,34)/t26-,27+/m1/s1. The largest absolute Gasteiger partial charge is 0.366 e. The van der Waals surface area contributed by atoms with Gasteiger partial charge in [-0.25, -0.2) is 0 Å².